The number of amides is 2. The van der Waals surface area contributed by atoms with Crippen LogP contribution in [0, 0.1) is 0 Å². The van der Waals surface area contributed by atoms with E-state index < -0.39 is 12.2 Å². The highest BCUT2D eigenvalue weighted by molar-refractivity contribution is 5.74. The lowest BCUT2D eigenvalue weighted by Crippen LogP contribution is -2.26. The van der Waals surface area contributed by atoms with E-state index in [1.54, 1.807) is 13.8 Å². The van der Waals surface area contributed by atoms with Gasteiger partial charge in [0.1, 0.15) is 11.6 Å². The first-order valence-electron chi connectivity index (χ1n) is 11.5. The number of rotatable bonds is 10. The standard InChI is InChI=1S/C28H30N4O4/c1-5-35-27(33)31-19(3)29-25-15-11-23(12-16-25)21-7-9-22(10-8-21)24-13-17-26(18-14-24)30-20(4)32-28(34)36-6-2/h7-18,29-30H,3-6H2,1-2H3,(H,31,33)(H,32,34). The van der Waals surface area contributed by atoms with Crippen LogP contribution in [0.1, 0.15) is 13.8 Å². The van der Waals surface area contributed by atoms with Crippen LogP contribution in [-0.2, 0) is 9.47 Å². The van der Waals surface area contributed by atoms with Gasteiger partial charge in [-0.15, -0.1) is 0 Å². The Morgan fingerprint density at radius 3 is 1.14 bits per heavy atom. The van der Waals surface area contributed by atoms with E-state index >= 15 is 0 Å². The van der Waals surface area contributed by atoms with Crippen LogP contribution in [0.2, 0.25) is 0 Å². The molecule has 0 atom stereocenters. The quantitative estimate of drug-likeness (QED) is 0.269. The Bertz CT molecular complexity index is 1110. The van der Waals surface area contributed by atoms with E-state index in [-0.39, 0.29) is 0 Å². The van der Waals surface area contributed by atoms with Crippen molar-refractivity contribution < 1.29 is 19.1 Å². The molecule has 0 heterocycles. The molecule has 186 valence electrons. The van der Waals surface area contributed by atoms with Gasteiger partial charge in [-0.3, -0.25) is 10.6 Å². The summed E-state index contributed by atoms with van der Waals surface area (Å²) in [5, 5.41) is 11.1. The first-order chi connectivity index (χ1) is 17.4. The summed E-state index contributed by atoms with van der Waals surface area (Å²) in [7, 11) is 0. The predicted octanol–water partition coefficient (Wildman–Crippen LogP) is 6.28. The van der Waals surface area contributed by atoms with Crippen LogP contribution in [0.5, 0.6) is 0 Å². The highest BCUT2D eigenvalue weighted by Gasteiger charge is 2.06. The van der Waals surface area contributed by atoms with Crippen LogP contribution in [-0.4, -0.2) is 25.4 Å². The minimum atomic E-state index is -0.547. The lowest BCUT2D eigenvalue weighted by Gasteiger charge is -2.12. The van der Waals surface area contributed by atoms with Crippen LogP contribution in [0.4, 0.5) is 21.0 Å². The van der Waals surface area contributed by atoms with E-state index in [1.807, 2.05) is 48.5 Å². The average molecular weight is 487 g/mol. The third-order valence-corrected chi connectivity index (χ3v) is 4.97. The van der Waals surface area contributed by atoms with Crippen molar-refractivity contribution in [2.24, 2.45) is 0 Å². The largest absolute Gasteiger partial charge is 0.450 e. The van der Waals surface area contributed by atoms with Crippen molar-refractivity contribution in [3.05, 3.63) is 97.6 Å². The van der Waals surface area contributed by atoms with Crippen molar-refractivity contribution in [1.29, 1.82) is 0 Å². The number of hydrogen-bond donors (Lipinski definition) is 4. The van der Waals surface area contributed by atoms with Gasteiger partial charge in [0.15, 0.2) is 0 Å². The molecule has 0 bridgehead atoms. The fourth-order valence-corrected chi connectivity index (χ4v) is 3.34. The van der Waals surface area contributed by atoms with Crippen LogP contribution in [0.15, 0.2) is 97.6 Å². The van der Waals surface area contributed by atoms with Crippen molar-refractivity contribution in [2.45, 2.75) is 13.8 Å². The number of anilines is 2. The first-order valence-corrected chi connectivity index (χ1v) is 11.5. The second-order valence-corrected chi connectivity index (χ2v) is 7.63. The molecule has 0 aliphatic heterocycles. The summed E-state index contributed by atoms with van der Waals surface area (Å²) in [6, 6.07) is 23.9. The number of carbonyl (C=O) groups excluding carboxylic acids is 2. The summed E-state index contributed by atoms with van der Waals surface area (Å²) in [5.41, 5.74) is 5.87. The zero-order chi connectivity index (χ0) is 25.9. The summed E-state index contributed by atoms with van der Waals surface area (Å²) in [4.78, 5) is 22.9. The SMILES string of the molecule is C=C(NC(=O)OCC)Nc1ccc(-c2ccc(-c3ccc(NC(=C)NC(=O)OCC)cc3)cc2)cc1. The van der Waals surface area contributed by atoms with Gasteiger partial charge in [-0.05, 0) is 60.4 Å². The minimum absolute atomic E-state index is 0.293. The Labute approximate surface area is 211 Å². The highest BCUT2D eigenvalue weighted by atomic mass is 16.6. The van der Waals surface area contributed by atoms with Crippen LogP contribution >= 0.6 is 0 Å². The fourth-order valence-electron chi connectivity index (χ4n) is 3.34. The number of hydrogen-bond acceptors (Lipinski definition) is 6. The number of ether oxygens (including phenoxy) is 2. The Morgan fingerprint density at radius 1 is 0.583 bits per heavy atom. The summed E-state index contributed by atoms with van der Waals surface area (Å²) < 4.78 is 9.67. The third kappa shape index (κ3) is 7.66. The van der Waals surface area contributed by atoms with Gasteiger partial charge in [0.2, 0.25) is 0 Å². The van der Waals surface area contributed by atoms with Crippen LogP contribution < -0.4 is 21.3 Å². The molecule has 3 aromatic carbocycles. The van der Waals surface area contributed by atoms with E-state index in [0.717, 1.165) is 33.6 Å². The molecule has 0 saturated heterocycles. The molecule has 0 aliphatic rings. The van der Waals surface area contributed by atoms with Gasteiger partial charge in [-0.25, -0.2) is 9.59 Å². The van der Waals surface area contributed by atoms with Crippen molar-refractivity contribution >= 4 is 23.6 Å². The molecule has 0 fully saturated rings. The molecule has 36 heavy (non-hydrogen) atoms. The maximum absolute atomic E-state index is 11.5. The van der Waals surface area contributed by atoms with Gasteiger partial charge in [0.05, 0.1) is 13.2 Å². The molecular weight excluding hydrogens is 456 g/mol. The van der Waals surface area contributed by atoms with Gasteiger partial charge in [0, 0.05) is 11.4 Å². The van der Waals surface area contributed by atoms with E-state index in [9.17, 15) is 9.59 Å². The molecule has 0 saturated carbocycles. The molecule has 0 unspecified atom stereocenters. The number of benzene rings is 3. The zero-order valence-electron chi connectivity index (χ0n) is 20.4. The Balaban J connectivity index is 1.58. The number of nitrogens with one attached hydrogen (secondary N) is 4. The van der Waals surface area contributed by atoms with Gasteiger partial charge in [0.25, 0.3) is 0 Å². The van der Waals surface area contributed by atoms with E-state index in [1.165, 1.54) is 0 Å². The van der Waals surface area contributed by atoms with Gasteiger partial charge >= 0.3 is 12.2 Å². The maximum Gasteiger partial charge on any atom is 0.412 e. The van der Waals surface area contributed by atoms with Crippen molar-refractivity contribution in [1.82, 2.24) is 10.6 Å². The number of alkyl carbamates (subject to hydrolysis) is 2. The van der Waals surface area contributed by atoms with Gasteiger partial charge in [-0.2, -0.15) is 0 Å². The van der Waals surface area contributed by atoms with Crippen molar-refractivity contribution in [3.8, 4) is 22.3 Å². The average Bonchev–Trinajstić information content (AvgIpc) is 2.85. The fraction of sp³-hybridized carbons (Fsp3) is 0.143. The van der Waals surface area contributed by atoms with E-state index in [0.29, 0.717) is 24.9 Å². The maximum atomic E-state index is 11.5. The monoisotopic (exact) mass is 486 g/mol. The zero-order valence-corrected chi connectivity index (χ0v) is 20.4. The number of carbonyl (C=O) groups is 2. The summed E-state index contributed by atoms with van der Waals surface area (Å²) >= 11 is 0. The van der Waals surface area contributed by atoms with Crippen molar-refractivity contribution in [3.63, 3.8) is 0 Å². The second-order valence-electron chi connectivity index (χ2n) is 7.63. The normalized spacial score (nSPS) is 10.1. The molecule has 8 nitrogen and oxygen atoms in total. The predicted molar refractivity (Wildman–Crippen MR) is 143 cm³/mol. The van der Waals surface area contributed by atoms with Crippen LogP contribution in [0.25, 0.3) is 22.3 Å². The lowest BCUT2D eigenvalue weighted by atomic mass is 10.00. The Kier molecular flexibility index (Phi) is 9.11. The Morgan fingerprint density at radius 2 is 0.861 bits per heavy atom. The Hall–Kier alpha value is -4.72. The molecule has 4 N–H and O–H groups in total. The molecule has 3 rings (SSSR count). The second kappa shape index (κ2) is 12.7. The molecule has 3 aromatic rings. The van der Waals surface area contributed by atoms with Crippen molar-refractivity contribution in [2.75, 3.05) is 23.8 Å². The summed E-state index contributed by atoms with van der Waals surface area (Å²) in [6.45, 7) is 11.6. The minimum Gasteiger partial charge on any atom is -0.450 e. The van der Waals surface area contributed by atoms with Gasteiger partial charge in [-0.1, -0.05) is 61.7 Å². The van der Waals surface area contributed by atoms with E-state index in [4.69, 9.17) is 9.47 Å². The molecule has 0 radical (unpaired) electrons. The summed E-state index contributed by atoms with van der Waals surface area (Å²) in [6.07, 6.45) is -1.09. The summed E-state index contributed by atoms with van der Waals surface area (Å²) in [5.74, 6) is 0.678. The highest BCUT2D eigenvalue weighted by Crippen LogP contribution is 2.27. The van der Waals surface area contributed by atoms with E-state index in [2.05, 4.69) is 58.7 Å². The van der Waals surface area contributed by atoms with Gasteiger partial charge < -0.3 is 20.1 Å². The van der Waals surface area contributed by atoms with Crippen LogP contribution in [0.3, 0.4) is 0 Å². The molecule has 0 spiro atoms. The molecule has 0 aliphatic carbocycles. The molecule has 0 aromatic heterocycles. The smallest absolute Gasteiger partial charge is 0.412 e. The lowest BCUT2D eigenvalue weighted by molar-refractivity contribution is 0.154. The third-order valence-electron chi connectivity index (χ3n) is 4.97. The molecular formula is C28H30N4O4. The molecule has 2 amide bonds. The molecule has 8 heteroatoms. The first kappa shape index (κ1) is 25.9. The topological polar surface area (TPSA) is 101 Å².